The lowest BCUT2D eigenvalue weighted by Crippen LogP contribution is -2.51. The van der Waals surface area contributed by atoms with Gasteiger partial charge in [-0.05, 0) is 36.0 Å². The first kappa shape index (κ1) is 7.47. The van der Waals surface area contributed by atoms with Crippen LogP contribution < -0.4 is 0 Å². The van der Waals surface area contributed by atoms with Gasteiger partial charge < -0.3 is 0 Å². The molecule has 3 saturated heterocycles. The smallest absolute Gasteiger partial charge is 0.0710 e. The van der Waals surface area contributed by atoms with Gasteiger partial charge in [-0.1, -0.05) is 32.8 Å². The summed E-state index contributed by atoms with van der Waals surface area (Å²) in [5.41, 5.74) is 0. The van der Waals surface area contributed by atoms with Gasteiger partial charge in [-0.3, -0.25) is 0 Å². The third-order valence-electron chi connectivity index (χ3n) is 5.32. The maximum Gasteiger partial charge on any atom is 0.140 e. The Labute approximate surface area is 76.2 Å². The lowest BCUT2D eigenvalue weighted by atomic mass is 9.25. The van der Waals surface area contributed by atoms with Gasteiger partial charge in [0, 0.05) is 0 Å². The minimum Gasteiger partial charge on any atom is -0.0710 e. The molecular formula is C11H19B. The highest BCUT2D eigenvalue weighted by atomic mass is 14.5. The summed E-state index contributed by atoms with van der Waals surface area (Å²) in [5.74, 6) is 5.49. The highest BCUT2D eigenvalue weighted by Gasteiger charge is 2.50. The molecule has 1 heteroatoms. The van der Waals surface area contributed by atoms with E-state index >= 15 is 0 Å². The first-order chi connectivity index (χ1) is 5.75. The van der Waals surface area contributed by atoms with Crippen molar-refractivity contribution in [3.8, 4) is 0 Å². The van der Waals surface area contributed by atoms with Crippen molar-refractivity contribution >= 4 is 6.71 Å². The van der Waals surface area contributed by atoms with Gasteiger partial charge in [0.25, 0.3) is 0 Å². The van der Waals surface area contributed by atoms with Gasteiger partial charge >= 0.3 is 0 Å². The molecule has 0 amide bonds. The summed E-state index contributed by atoms with van der Waals surface area (Å²) >= 11 is 0. The second kappa shape index (κ2) is 2.30. The Kier molecular flexibility index (Phi) is 1.43. The van der Waals surface area contributed by atoms with Crippen LogP contribution in [0.1, 0.15) is 20.3 Å². The van der Waals surface area contributed by atoms with E-state index in [2.05, 4.69) is 13.8 Å². The standard InChI is InChI=1S/C11H19B/c1-7-9-3-10-5-12(4-9)6-11(7)8(10)2/h7-11H,3-6H2,1-2H3. The third kappa shape index (κ3) is 0.804. The van der Waals surface area contributed by atoms with Crippen molar-refractivity contribution in [1.29, 1.82) is 0 Å². The number of hydrogen-bond acceptors (Lipinski definition) is 0. The highest BCUT2D eigenvalue weighted by Crippen LogP contribution is 2.56. The van der Waals surface area contributed by atoms with Crippen LogP contribution in [0.3, 0.4) is 0 Å². The Morgan fingerprint density at radius 2 is 1.50 bits per heavy atom. The minimum absolute atomic E-state index is 1.06. The zero-order valence-electron chi connectivity index (χ0n) is 8.29. The van der Waals surface area contributed by atoms with Crippen molar-refractivity contribution in [2.24, 2.45) is 29.6 Å². The summed E-state index contributed by atoms with van der Waals surface area (Å²) in [6.07, 6.45) is 6.33. The molecular weight excluding hydrogens is 143 g/mol. The number of hydrogen-bond donors (Lipinski definition) is 0. The van der Waals surface area contributed by atoms with Gasteiger partial charge in [0.2, 0.25) is 0 Å². The first-order valence-corrected chi connectivity index (χ1v) is 5.75. The van der Waals surface area contributed by atoms with Crippen molar-refractivity contribution in [3.05, 3.63) is 0 Å². The van der Waals surface area contributed by atoms with Crippen LogP contribution in [0.5, 0.6) is 0 Å². The van der Waals surface area contributed by atoms with Crippen LogP contribution in [-0.4, -0.2) is 6.71 Å². The molecule has 0 aromatic rings. The van der Waals surface area contributed by atoms with Crippen LogP contribution in [-0.2, 0) is 0 Å². The molecule has 0 radical (unpaired) electrons. The van der Waals surface area contributed by atoms with E-state index in [4.69, 9.17) is 0 Å². The predicted octanol–water partition coefficient (Wildman–Crippen LogP) is 3.03. The molecule has 4 fully saturated rings. The molecule has 0 nitrogen and oxygen atoms in total. The molecule has 4 atom stereocenters. The summed E-state index contributed by atoms with van der Waals surface area (Å²) in [4.78, 5) is 0. The van der Waals surface area contributed by atoms with Crippen LogP contribution in [0, 0.1) is 29.6 Å². The maximum absolute atomic E-state index is 2.52. The van der Waals surface area contributed by atoms with Crippen LogP contribution in [0.15, 0.2) is 0 Å². The Hall–Kier alpha value is 0.0649. The predicted molar refractivity (Wildman–Crippen MR) is 53.6 cm³/mol. The van der Waals surface area contributed by atoms with Crippen molar-refractivity contribution < 1.29 is 0 Å². The van der Waals surface area contributed by atoms with E-state index in [0.717, 1.165) is 36.3 Å². The summed E-state index contributed by atoms with van der Waals surface area (Å²) < 4.78 is 0. The van der Waals surface area contributed by atoms with Gasteiger partial charge in [0.05, 0.1) is 0 Å². The molecule has 4 aliphatic rings. The fraction of sp³-hybridized carbons (Fsp3) is 1.00. The van der Waals surface area contributed by atoms with Crippen LogP contribution in [0.4, 0.5) is 0 Å². The van der Waals surface area contributed by atoms with E-state index in [9.17, 15) is 0 Å². The molecule has 0 aromatic carbocycles. The van der Waals surface area contributed by atoms with Gasteiger partial charge in [0.15, 0.2) is 0 Å². The van der Waals surface area contributed by atoms with E-state index in [0.29, 0.717) is 0 Å². The normalized spacial score (nSPS) is 56.5. The summed E-state index contributed by atoms with van der Waals surface area (Å²) in [5, 5.41) is 0. The van der Waals surface area contributed by atoms with Gasteiger partial charge in [-0.2, -0.15) is 0 Å². The minimum atomic E-state index is 1.06. The zero-order chi connectivity index (χ0) is 8.29. The average molecular weight is 162 g/mol. The van der Waals surface area contributed by atoms with Crippen molar-refractivity contribution in [2.75, 3.05) is 0 Å². The monoisotopic (exact) mass is 162 g/mol. The molecule has 1 saturated carbocycles. The zero-order valence-corrected chi connectivity index (χ0v) is 8.29. The fourth-order valence-corrected chi connectivity index (χ4v) is 4.58. The molecule has 0 N–H and O–H groups in total. The van der Waals surface area contributed by atoms with E-state index in [-0.39, 0.29) is 0 Å². The average Bonchev–Trinajstić information content (AvgIpc) is 2.07. The largest absolute Gasteiger partial charge is 0.140 e. The van der Waals surface area contributed by atoms with Crippen LogP contribution >= 0.6 is 0 Å². The lowest BCUT2D eigenvalue weighted by Gasteiger charge is -2.56. The van der Waals surface area contributed by atoms with Crippen molar-refractivity contribution in [2.45, 2.75) is 39.2 Å². The molecule has 4 rings (SSSR count). The second-order valence-electron chi connectivity index (χ2n) is 5.71. The number of rotatable bonds is 0. The van der Waals surface area contributed by atoms with Crippen LogP contribution in [0.2, 0.25) is 19.0 Å². The van der Waals surface area contributed by atoms with Gasteiger partial charge in [0.1, 0.15) is 6.71 Å². The topological polar surface area (TPSA) is 0 Å². The van der Waals surface area contributed by atoms with E-state index in [1.54, 1.807) is 25.4 Å². The quantitative estimate of drug-likeness (QED) is 0.480. The highest BCUT2D eigenvalue weighted by molar-refractivity contribution is 6.59. The molecule has 4 unspecified atom stereocenters. The maximum atomic E-state index is 2.52. The summed E-state index contributed by atoms with van der Waals surface area (Å²) in [6.45, 7) is 6.18. The Bertz CT molecular complexity index is 183. The molecule has 66 valence electrons. The lowest BCUT2D eigenvalue weighted by molar-refractivity contribution is 0.0565. The van der Waals surface area contributed by atoms with E-state index in [1.807, 2.05) is 0 Å². The molecule has 0 aromatic heterocycles. The molecule has 12 heavy (non-hydrogen) atoms. The van der Waals surface area contributed by atoms with Crippen LogP contribution in [0.25, 0.3) is 0 Å². The SMILES string of the molecule is CC1C2CB3CC(C2)C(C)C1C3. The molecule has 3 heterocycles. The van der Waals surface area contributed by atoms with Crippen molar-refractivity contribution in [1.82, 2.24) is 0 Å². The second-order valence-corrected chi connectivity index (χ2v) is 5.71. The van der Waals surface area contributed by atoms with Gasteiger partial charge in [-0.25, -0.2) is 0 Å². The molecule has 0 spiro atoms. The third-order valence-corrected chi connectivity index (χ3v) is 5.32. The summed E-state index contributed by atoms with van der Waals surface area (Å²) in [7, 11) is 0. The van der Waals surface area contributed by atoms with E-state index < -0.39 is 0 Å². The fourth-order valence-electron chi connectivity index (χ4n) is 4.58. The van der Waals surface area contributed by atoms with Gasteiger partial charge in [-0.15, -0.1) is 0 Å². The molecule has 1 aliphatic carbocycles. The molecule has 3 aliphatic heterocycles. The van der Waals surface area contributed by atoms with E-state index in [1.165, 1.54) is 0 Å². The molecule has 4 bridgehead atoms. The summed E-state index contributed by atoms with van der Waals surface area (Å²) in [6, 6.07) is 0. The first-order valence-electron chi connectivity index (χ1n) is 5.75. The Morgan fingerprint density at radius 3 is 2.08 bits per heavy atom. The Morgan fingerprint density at radius 1 is 0.917 bits per heavy atom. The van der Waals surface area contributed by atoms with Crippen molar-refractivity contribution in [3.63, 3.8) is 0 Å². The Balaban J connectivity index is 1.93.